The second-order valence-corrected chi connectivity index (χ2v) is 3.93. The third-order valence-electron chi connectivity index (χ3n) is 2.60. The maximum atomic E-state index is 11.8. The molecule has 14 heavy (non-hydrogen) atoms. The summed E-state index contributed by atoms with van der Waals surface area (Å²) < 4.78 is 5.40. The maximum Gasteiger partial charge on any atom is 0.243 e. The second kappa shape index (κ2) is 5.56. The predicted molar refractivity (Wildman–Crippen MR) is 56.5 cm³/mol. The number of amides is 1. The van der Waals surface area contributed by atoms with E-state index in [0.29, 0.717) is 13.1 Å². The van der Waals surface area contributed by atoms with E-state index in [0.717, 1.165) is 19.4 Å². The Bertz CT molecular complexity index is 189. The molecule has 0 aromatic heterocycles. The van der Waals surface area contributed by atoms with Crippen LogP contribution in [-0.2, 0) is 9.53 Å². The van der Waals surface area contributed by atoms with Crippen molar-refractivity contribution in [1.82, 2.24) is 4.90 Å². The molecule has 0 aliphatic carbocycles. The highest BCUT2D eigenvalue weighted by Gasteiger charge is 2.31. The fraction of sp³-hybridized carbons (Fsp3) is 0.900. The lowest BCUT2D eigenvalue weighted by molar-refractivity contribution is -0.132. The van der Waals surface area contributed by atoms with Crippen LogP contribution >= 0.6 is 11.6 Å². The van der Waals surface area contributed by atoms with E-state index in [1.807, 2.05) is 13.8 Å². The van der Waals surface area contributed by atoms with Crippen molar-refractivity contribution in [3.63, 3.8) is 0 Å². The largest absolute Gasteiger partial charge is 0.376 e. The van der Waals surface area contributed by atoms with Gasteiger partial charge in [-0.2, -0.15) is 0 Å². The smallest absolute Gasteiger partial charge is 0.243 e. The number of halogens is 1. The molecule has 0 radical (unpaired) electrons. The van der Waals surface area contributed by atoms with Gasteiger partial charge in [0.05, 0.1) is 6.10 Å². The average Bonchev–Trinajstić information content (AvgIpc) is 2.71. The summed E-state index contributed by atoms with van der Waals surface area (Å²) >= 11 is 6.07. The summed E-state index contributed by atoms with van der Waals surface area (Å²) in [5.74, 6) is 0.00330. The van der Waals surface area contributed by atoms with E-state index >= 15 is 0 Å². The molecular formula is C10H18ClNO2. The van der Waals surface area contributed by atoms with Crippen molar-refractivity contribution in [1.29, 1.82) is 0 Å². The molecule has 2 unspecified atom stereocenters. The molecule has 0 N–H and O–H groups in total. The van der Waals surface area contributed by atoms with Crippen LogP contribution in [0.15, 0.2) is 0 Å². The number of rotatable bonds is 4. The number of hydrogen-bond donors (Lipinski definition) is 0. The minimum absolute atomic E-state index is 0.00330. The first-order valence-electron chi connectivity index (χ1n) is 5.25. The topological polar surface area (TPSA) is 29.5 Å². The Morgan fingerprint density at radius 2 is 2.21 bits per heavy atom. The molecule has 1 saturated heterocycles. The molecule has 1 rings (SSSR count). The van der Waals surface area contributed by atoms with Crippen LogP contribution < -0.4 is 0 Å². The lowest BCUT2D eigenvalue weighted by Gasteiger charge is -2.24. The molecule has 0 bridgehead atoms. The highest BCUT2D eigenvalue weighted by Crippen LogP contribution is 2.21. The van der Waals surface area contributed by atoms with Crippen molar-refractivity contribution in [2.75, 3.05) is 19.7 Å². The number of carbonyl (C=O) groups is 1. The fourth-order valence-electron chi connectivity index (χ4n) is 1.70. The first-order valence-corrected chi connectivity index (χ1v) is 5.68. The molecule has 0 saturated carbocycles. The molecular weight excluding hydrogens is 202 g/mol. The van der Waals surface area contributed by atoms with Crippen molar-refractivity contribution in [2.24, 2.45) is 0 Å². The SMILES string of the molecule is CCN(CC)C(=O)C(Cl)C1CCCO1. The summed E-state index contributed by atoms with van der Waals surface area (Å²) in [6.45, 7) is 6.08. The second-order valence-electron chi connectivity index (χ2n) is 3.46. The van der Waals surface area contributed by atoms with Crippen LogP contribution in [0, 0.1) is 0 Å². The minimum Gasteiger partial charge on any atom is -0.376 e. The molecule has 1 aliphatic rings. The van der Waals surface area contributed by atoms with Gasteiger partial charge in [-0.3, -0.25) is 4.79 Å². The molecule has 0 aromatic carbocycles. The van der Waals surface area contributed by atoms with Crippen LogP contribution in [-0.4, -0.2) is 42.0 Å². The maximum absolute atomic E-state index is 11.8. The number of ether oxygens (including phenoxy) is 1. The molecule has 82 valence electrons. The first kappa shape index (κ1) is 11.8. The van der Waals surface area contributed by atoms with Crippen LogP contribution in [0.5, 0.6) is 0 Å². The van der Waals surface area contributed by atoms with Crippen molar-refractivity contribution < 1.29 is 9.53 Å². The summed E-state index contributed by atoms with van der Waals surface area (Å²) in [6.07, 6.45) is 1.84. The predicted octanol–water partition coefficient (Wildman–Crippen LogP) is 1.64. The molecule has 1 heterocycles. The Hall–Kier alpha value is -0.280. The average molecular weight is 220 g/mol. The van der Waals surface area contributed by atoms with Gasteiger partial charge in [-0.05, 0) is 26.7 Å². The molecule has 0 aromatic rings. The Morgan fingerprint density at radius 3 is 2.64 bits per heavy atom. The van der Waals surface area contributed by atoms with E-state index in [9.17, 15) is 4.79 Å². The van der Waals surface area contributed by atoms with Crippen molar-refractivity contribution in [3.8, 4) is 0 Å². The van der Waals surface area contributed by atoms with E-state index in [1.165, 1.54) is 0 Å². The Kier molecular flexibility index (Phi) is 4.69. The van der Waals surface area contributed by atoms with E-state index in [1.54, 1.807) is 4.90 Å². The van der Waals surface area contributed by atoms with E-state index in [2.05, 4.69) is 0 Å². The minimum atomic E-state index is -0.502. The molecule has 4 heteroatoms. The third kappa shape index (κ3) is 2.61. The zero-order chi connectivity index (χ0) is 10.6. The lowest BCUT2D eigenvalue weighted by atomic mass is 10.1. The highest BCUT2D eigenvalue weighted by atomic mass is 35.5. The van der Waals surface area contributed by atoms with Crippen LogP contribution in [0.1, 0.15) is 26.7 Å². The van der Waals surface area contributed by atoms with Crippen LogP contribution in [0.4, 0.5) is 0 Å². The lowest BCUT2D eigenvalue weighted by Crippen LogP contribution is -2.41. The van der Waals surface area contributed by atoms with Gasteiger partial charge in [0.25, 0.3) is 0 Å². The Morgan fingerprint density at radius 1 is 1.57 bits per heavy atom. The van der Waals surface area contributed by atoms with Gasteiger partial charge in [-0.15, -0.1) is 11.6 Å². The molecule has 0 spiro atoms. The van der Waals surface area contributed by atoms with Gasteiger partial charge in [0.2, 0.25) is 5.91 Å². The number of alkyl halides is 1. The van der Waals surface area contributed by atoms with Crippen LogP contribution in [0.25, 0.3) is 0 Å². The van der Waals surface area contributed by atoms with Crippen molar-refractivity contribution >= 4 is 17.5 Å². The van der Waals surface area contributed by atoms with Crippen LogP contribution in [0.2, 0.25) is 0 Å². The summed E-state index contributed by atoms with van der Waals surface area (Å²) in [5, 5.41) is -0.502. The molecule has 2 atom stereocenters. The van der Waals surface area contributed by atoms with Crippen LogP contribution in [0.3, 0.4) is 0 Å². The van der Waals surface area contributed by atoms with Gasteiger partial charge in [-0.1, -0.05) is 0 Å². The molecule has 3 nitrogen and oxygen atoms in total. The Labute approximate surface area is 90.4 Å². The Balaban J connectivity index is 2.49. The molecule has 1 fully saturated rings. The monoisotopic (exact) mass is 219 g/mol. The van der Waals surface area contributed by atoms with Gasteiger partial charge in [0.15, 0.2) is 0 Å². The number of hydrogen-bond acceptors (Lipinski definition) is 2. The zero-order valence-electron chi connectivity index (χ0n) is 8.83. The number of nitrogens with zero attached hydrogens (tertiary/aromatic N) is 1. The van der Waals surface area contributed by atoms with Gasteiger partial charge >= 0.3 is 0 Å². The molecule has 1 aliphatic heterocycles. The zero-order valence-corrected chi connectivity index (χ0v) is 9.59. The summed E-state index contributed by atoms with van der Waals surface area (Å²) in [6, 6.07) is 0. The van der Waals surface area contributed by atoms with E-state index < -0.39 is 5.38 Å². The fourth-order valence-corrected chi connectivity index (χ4v) is 2.04. The van der Waals surface area contributed by atoms with Gasteiger partial charge in [0, 0.05) is 19.7 Å². The first-order chi connectivity index (χ1) is 6.70. The molecule has 1 amide bonds. The summed E-state index contributed by atoms with van der Waals surface area (Å²) in [5.41, 5.74) is 0. The normalized spacial score (nSPS) is 23.5. The highest BCUT2D eigenvalue weighted by molar-refractivity contribution is 6.31. The van der Waals surface area contributed by atoms with Gasteiger partial charge < -0.3 is 9.64 Å². The van der Waals surface area contributed by atoms with Gasteiger partial charge in [0.1, 0.15) is 5.38 Å². The van der Waals surface area contributed by atoms with Gasteiger partial charge in [-0.25, -0.2) is 0 Å². The quantitative estimate of drug-likeness (QED) is 0.673. The third-order valence-corrected chi connectivity index (χ3v) is 3.07. The summed E-state index contributed by atoms with van der Waals surface area (Å²) in [7, 11) is 0. The van der Waals surface area contributed by atoms with Crippen molar-refractivity contribution in [3.05, 3.63) is 0 Å². The standard InChI is InChI=1S/C10H18ClNO2/c1-3-12(4-2)10(13)9(11)8-6-5-7-14-8/h8-9H,3-7H2,1-2H3. The number of carbonyl (C=O) groups excluding carboxylic acids is 1. The van der Waals surface area contributed by atoms with E-state index in [4.69, 9.17) is 16.3 Å². The van der Waals surface area contributed by atoms with Crippen molar-refractivity contribution in [2.45, 2.75) is 38.2 Å². The van der Waals surface area contributed by atoms with E-state index in [-0.39, 0.29) is 12.0 Å². The summed E-state index contributed by atoms with van der Waals surface area (Å²) in [4.78, 5) is 13.6.